The van der Waals surface area contributed by atoms with Crippen molar-refractivity contribution in [2.75, 3.05) is 13.7 Å². The zero-order valence-corrected chi connectivity index (χ0v) is 11.0. The largest absolute Gasteiger partial charge is 0.497 e. The molecule has 1 atom stereocenters. The maximum absolute atomic E-state index is 5.33. The zero-order valence-electron chi connectivity index (χ0n) is 11.0. The number of hydrogen-bond acceptors (Lipinski definition) is 2. The van der Waals surface area contributed by atoms with Crippen molar-refractivity contribution in [3.8, 4) is 5.75 Å². The van der Waals surface area contributed by atoms with Gasteiger partial charge in [-0.15, -0.1) is 0 Å². The minimum Gasteiger partial charge on any atom is -0.497 e. The molecule has 0 spiro atoms. The van der Waals surface area contributed by atoms with Gasteiger partial charge in [-0.2, -0.15) is 0 Å². The van der Waals surface area contributed by atoms with Gasteiger partial charge in [0.25, 0.3) is 0 Å². The van der Waals surface area contributed by atoms with E-state index in [1.807, 2.05) is 6.07 Å². The first-order valence-electron chi connectivity index (χ1n) is 6.66. The number of ether oxygens (including phenoxy) is 1. The Labute approximate surface area is 108 Å². The molecule has 1 aliphatic rings. The fourth-order valence-corrected chi connectivity index (χ4v) is 2.93. The Morgan fingerprint density at radius 2 is 2.28 bits per heavy atom. The molecule has 1 aromatic heterocycles. The van der Waals surface area contributed by atoms with Gasteiger partial charge < -0.3 is 15.0 Å². The van der Waals surface area contributed by atoms with E-state index in [4.69, 9.17) is 4.74 Å². The monoisotopic (exact) mass is 244 g/mol. The van der Waals surface area contributed by atoms with Crippen LogP contribution >= 0.6 is 0 Å². The molecule has 0 amide bonds. The number of aromatic nitrogens is 1. The fraction of sp³-hybridized carbons (Fsp3) is 0.467. The van der Waals surface area contributed by atoms with E-state index in [2.05, 4.69) is 29.4 Å². The number of H-pyrrole nitrogens is 1. The number of benzene rings is 1. The predicted molar refractivity (Wildman–Crippen MR) is 74.3 cm³/mol. The summed E-state index contributed by atoms with van der Waals surface area (Å²) in [5.74, 6) is 0.933. The summed E-state index contributed by atoms with van der Waals surface area (Å²) in [6, 6.07) is 6.89. The predicted octanol–water partition coefficient (Wildman–Crippen LogP) is 2.78. The van der Waals surface area contributed by atoms with Gasteiger partial charge in [0, 0.05) is 22.6 Å². The van der Waals surface area contributed by atoms with E-state index in [1.165, 1.54) is 35.0 Å². The van der Waals surface area contributed by atoms with Gasteiger partial charge in [0.15, 0.2) is 0 Å². The fourth-order valence-electron chi connectivity index (χ4n) is 2.93. The second-order valence-electron chi connectivity index (χ2n) is 5.14. The van der Waals surface area contributed by atoms with Crippen LogP contribution in [0, 0.1) is 6.92 Å². The van der Waals surface area contributed by atoms with E-state index in [-0.39, 0.29) is 0 Å². The zero-order chi connectivity index (χ0) is 12.5. The molecule has 0 unspecified atom stereocenters. The first kappa shape index (κ1) is 11.6. The van der Waals surface area contributed by atoms with Gasteiger partial charge in [-0.25, -0.2) is 0 Å². The average molecular weight is 244 g/mol. The van der Waals surface area contributed by atoms with Gasteiger partial charge in [-0.1, -0.05) is 0 Å². The molecule has 0 saturated carbocycles. The first-order chi connectivity index (χ1) is 8.78. The van der Waals surface area contributed by atoms with E-state index >= 15 is 0 Å². The van der Waals surface area contributed by atoms with Crippen LogP contribution in [0.15, 0.2) is 18.2 Å². The van der Waals surface area contributed by atoms with Gasteiger partial charge in [0.05, 0.1) is 7.11 Å². The summed E-state index contributed by atoms with van der Waals surface area (Å²) < 4.78 is 5.33. The highest BCUT2D eigenvalue weighted by Crippen LogP contribution is 2.28. The summed E-state index contributed by atoms with van der Waals surface area (Å²) in [5.41, 5.74) is 3.93. The lowest BCUT2D eigenvalue weighted by molar-refractivity contribution is 0.415. The molecule has 3 heteroatoms. The minimum atomic E-state index is 0.633. The molecule has 96 valence electrons. The number of aryl methyl sites for hydroxylation is 1. The quantitative estimate of drug-likeness (QED) is 0.871. The Hall–Kier alpha value is -1.48. The van der Waals surface area contributed by atoms with Crippen molar-refractivity contribution in [3.63, 3.8) is 0 Å². The Bertz CT molecular complexity index is 553. The molecule has 18 heavy (non-hydrogen) atoms. The third-order valence-electron chi connectivity index (χ3n) is 3.94. The number of fused-ring (bicyclic) bond motifs is 1. The molecule has 1 aromatic carbocycles. The number of nitrogens with one attached hydrogen (secondary N) is 2. The van der Waals surface area contributed by atoms with Gasteiger partial charge in [-0.3, -0.25) is 0 Å². The van der Waals surface area contributed by atoms with Crippen molar-refractivity contribution in [1.29, 1.82) is 0 Å². The Balaban J connectivity index is 2.00. The van der Waals surface area contributed by atoms with Crippen molar-refractivity contribution in [2.45, 2.75) is 32.2 Å². The van der Waals surface area contributed by atoms with E-state index in [0.29, 0.717) is 6.04 Å². The maximum Gasteiger partial charge on any atom is 0.119 e. The lowest BCUT2D eigenvalue weighted by atomic mass is 10.0. The Kier molecular flexibility index (Phi) is 3.00. The first-order valence-corrected chi connectivity index (χ1v) is 6.66. The van der Waals surface area contributed by atoms with Crippen molar-refractivity contribution in [2.24, 2.45) is 0 Å². The summed E-state index contributed by atoms with van der Waals surface area (Å²) in [5, 5.41) is 4.88. The van der Waals surface area contributed by atoms with Crippen molar-refractivity contribution >= 4 is 10.9 Å². The smallest absolute Gasteiger partial charge is 0.119 e. The molecule has 1 aliphatic heterocycles. The molecule has 1 fully saturated rings. The average Bonchev–Trinajstić information content (AvgIpc) is 2.99. The molecule has 3 nitrogen and oxygen atoms in total. The van der Waals surface area contributed by atoms with Gasteiger partial charge in [-0.05, 0) is 56.5 Å². The third kappa shape index (κ3) is 1.99. The summed E-state index contributed by atoms with van der Waals surface area (Å²) in [4.78, 5) is 3.47. The Morgan fingerprint density at radius 3 is 3.00 bits per heavy atom. The molecule has 0 radical (unpaired) electrons. The van der Waals surface area contributed by atoms with Crippen LogP contribution in [0.5, 0.6) is 5.75 Å². The van der Waals surface area contributed by atoms with E-state index in [1.54, 1.807) is 7.11 Å². The number of rotatable bonds is 3. The summed E-state index contributed by atoms with van der Waals surface area (Å²) >= 11 is 0. The summed E-state index contributed by atoms with van der Waals surface area (Å²) in [6.45, 7) is 3.33. The molecule has 0 bridgehead atoms. The molecule has 1 saturated heterocycles. The molecule has 2 N–H and O–H groups in total. The van der Waals surface area contributed by atoms with E-state index in [0.717, 1.165) is 18.7 Å². The third-order valence-corrected chi connectivity index (χ3v) is 3.94. The normalized spacial score (nSPS) is 19.6. The van der Waals surface area contributed by atoms with Crippen LogP contribution in [-0.2, 0) is 6.42 Å². The summed E-state index contributed by atoms with van der Waals surface area (Å²) in [7, 11) is 1.72. The molecular formula is C15H20N2O. The van der Waals surface area contributed by atoms with Crippen molar-refractivity contribution < 1.29 is 4.74 Å². The second kappa shape index (κ2) is 4.65. The lowest BCUT2D eigenvalue weighted by Crippen LogP contribution is -2.23. The van der Waals surface area contributed by atoms with Crippen LogP contribution in [-0.4, -0.2) is 24.7 Å². The standard InChI is InChI=1S/C15H20N2O/c1-10-13(8-11-4-3-7-16-11)14-9-12(18-2)5-6-15(14)17-10/h5-6,9,11,16-17H,3-4,7-8H2,1-2H3/t11-/m1/s1. The van der Waals surface area contributed by atoms with Crippen molar-refractivity contribution in [3.05, 3.63) is 29.5 Å². The van der Waals surface area contributed by atoms with E-state index in [9.17, 15) is 0 Å². The summed E-state index contributed by atoms with van der Waals surface area (Å²) in [6.07, 6.45) is 3.70. The van der Waals surface area contributed by atoms with Gasteiger partial charge >= 0.3 is 0 Å². The van der Waals surface area contributed by atoms with Crippen LogP contribution in [0.2, 0.25) is 0 Å². The molecule has 3 rings (SSSR count). The van der Waals surface area contributed by atoms with Gasteiger partial charge in [0.1, 0.15) is 5.75 Å². The molecular weight excluding hydrogens is 224 g/mol. The van der Waals surface area contributed by atoms with Gasteiger partial charge in [0.2, 0.25) is 0 Å². The highest BCUT2D eigenvalue weighted by atomic mass is 16.5. The number of hydrogen-bond donors (Lipinski definition) is 2. The maximum atomic E-state index is 5.33. The van der Waals surface area contributed by atoms with Crippen molar-refractivity contribution in [1.82, 2.24) is 10.3 Å². The number of aromatic amines is 1. The minimum absolute atomic E-state index is 0.633. The van der Waals surface area contributed by atoms with Crippen LogP contribution in [0.25, 0.3) is 10.9 Å². The SMILES string of the molecule is COc1ccc2[nH]c(C)c(C[C@H]3CCCN3)c2c1. The van der Waals surface area contributed by atoms with Crippen LogP contribution in [0.4, 0.5) is 0 Å². The highest BCUT2D eigenvalue weighted by Gasteiger charge is 2.18. The van der Waals surface area contributed by atoms with Crippen LogP contribution in [0.1, 0.15) is 24.1 Å². The number of methoxy groups -OCH3 is 1. The topological polar surface area (TPSA) is 37.0 Å². The Morgan fingerprint density at radius 1 is 1.39 bits per heavy atom. The lowest BCUT2D eigenvalue weighted by Gasteiger charge is -2.10. The van der Waals surface area contributed by atoms with Crippen LogP contribution < -0.4 is 10.1 Å². The molecule has 0 aliphatic carbocycles. The second-order valence-corrected chi connectivity index (χ2v) is 5.14. The van der Waals surface area contributed by atoms with E-state index < -0.39 is 0 Å². The molecule has 2 aromatic rings. The molecule has 2 heterocycles. The highest BCUT2D eigenvalue weighted by molar-refractivity contribution is 5.86. The van der Waals surface area contributed by atoms with Crippen LogP contribution in [0.3, 0.4) is 0 Å².